The Bertz CT molecular complexity index is 448. The molecule has 5 heteroatoms. The van der Waals surface area contributed by atoms with E-state index in [9.17, 15) is 9.59 Å². The van der Waals surface area contributed by atoms with E-state index >= 15 is 0 Å². The van der Waals surface area contributed by atoms with Crippen molar-refractivity contribution in [3.05, 3.63) is 29.8 Å². The quantitative estimate of drug-likeness (QED) is 0.455. The Labute approximate surface area is 124 Å². The molecule has 1 aromatic carbocycles. The molecule has 1 aromatic rings. The third-order valence-corrected chi connectivity index (χ3v) is 3.54. The lowest BCUT2D eigenvalue weighted by atomic mass is 10.2. The number of amides is 1. The van der Waals surface area contributed by atoms with Crippen molar-refractivity contribution in [1.29, 1.82) is 0 Å². The number of nitrogens with one attached hydrogen (secondary N) is 1. The molecule has 0 aliphatic heterocycles. The first kappa shape index (κ1) is 16.6. The molecule has 0 spiro atoms. The minimum Gasteiger partial charge on any atom is -0.466 e. The Hall–Kier alpha value is -1.49. The number of rotatable bonds is 8. The van der Waals surface area contributed by atoms with Gasteiger partial charge in [0.2, 0.25) is 5.91 Å². The highest BCUT2D eigenvalue weighted by Crippen LogP contribution is 2.18. The molecule has 1 N–H and O–H groups in total. The molecule has 0 atom stereocenters. The standard InChI is InChI=1S/C15H21NO3S/c1-3-19-15(18)8-5-9-16-14(17)11-20-13-7-4-6-12(2)10-13/h4,6-7,10H,3,5,8-9,11H2,1-2H3,(H,16,17). The molecule has 0 fully saturated rings. The van der Waals surface area contributed by atoms with Crippen LogP contribution in [-0.2, 0) is 14.3 Å². The molecule has 1 amide bonds. The molecule has 1 rings (SSSR count). The highest BCUT2D eigenvalue weighted by molar-refractivity contribution is 8.00. The van der Waals surface area contributed by atoms with Gasteiger partial charge in [-0.3, -0.25) is 9.59 Å². The van der Waals surface area contributed by atoms with Gasteiger partial charge in [0.05, 0.1) is 12.4 Å². The molecule has 0 saturated carbocycles. The van der Waals surface area contributed by atoms with Crippen molar-refractivity contribution in [2.75, 3.05) is 18.9 Å². The minimum atomic E-state index is -0.212. The van der Waals surface area contributed by atoms with Gasteiger partial charge in [0.1, 0.15) is 0 Å². The Morgan fingerprint density at radius 3 is 2.85 bits per heavy atom. The molecule has 0 unspecified atom stereocenters. The zero-order chi connectivity index (χ0) is 14.8. The van der Waals surface area contributed by atoms with E-state index in [2.05, 4.69) is 11.4 Å². The lowest BCUT2D eigenvalue weighted by molar-refractivity contribution is -0.143. The number of hydrogen-bond donors (Lipinski definition) is 1. The van der Waals surface area contributed by atoms with Gasteiger partial charge in [-0.1, -0.05) is 17.7 Å². The summed E-state index contributed by atoms with van der Waals surface area (Å²) in [6, 6.07) is 8.05. The number of esters is 1. The summed E-state index contributed by atoms with van der Waals surface area (Å²) in [6.45, 7) is 4.71. The second-order valence-corrected chi connectivity index (χ2v) is 5.41. The van der Waals surface area contributed by atoms with E-state index in [4.69, 9.17) is 4.74 Å². The first-order valence-corrected chi connectivity index (χ1v) is 7.72. The van der Waals surface area contributed by atoms with Crippen LogP contribution in [0, 0.1) is 6.92 Å². The number of carbonyl (C=O) groups excluding carboxylic acids is 2. The Kier molecular flexibility index (Phi) is 7.80. The van der Waals surface area contributed by atoms with E-state index in [1.54, 1.807) is 6.92 Å². The lowest BCUT2D eigenvalue weighted by Gasteiger charge is -2.05. The van der Waals surface area contributed by atoms with Crippen LogP contribution in [0.3, 0.4) is 0 Å². The van der Waals surface area contributed by atoms with Crippen LogP contribution in [-0.4, -0.2) is 30.8 Å². The van der Waals surface area contributed by atoms with Crippen molar-refractivity contribution < 1.29 is 14.3 Å². The minimum absolute atomic E-state index is 0.0136. The average molecular weight is 295 g/mol. The number of carbonyl (C=O) groups is 2. The summed E-state index contributed by atoms with van der Waals surface area (Å²) in [5.74, 6) is 0.166. The number of ether oxygens (including phenoxy) is 1. The van der Waals surface area contributed by atoms with Crippen LogP contribution in [0.25, 0.3) is 0 Å². The summed E-state index contributed by atoms with van der Waals surface area (Å²) in [7, 11) is 0. The predicted molar refractivity (Wildman–Crippen MR) is 80.8 cm³/mol. The van der Waals surface area contributed by atoms with E-state index in [0.717, 1.165) is 4.90 Å². The Balaban J connectivity index is 2.13. The van der Waals surface area contributed by atoms with Crippen LogP contribution in [0.4, 0.5) is 0 Å². The molecule has 0 radical (unpaired) electrons. The van der Waals surface area contributed by atoms with E-state index in [0.29, 0.717) is 31.7 Å². The molecule has 0 bridgehead atoms. The van der Waals surface area contributed by atoms with E-state index in [-0.39, 0.29) is 11.9 Å². The molecule has 4 nitrogen and oxygen atoms in total. The molecule has 20 heavy (non-hydrogen) atoms. The van der Waals surface area contributed by atoms with Crippen molar-refractivity contribution in [2.24, 2.45) is 0 Å². The van der Waals surface area contributed by atoms with E-state index in [1.807, 2.05) is 25.1 Å². The van der Waals surface area contributed by atoms with E-state index in [1.165, 1.54) is 17.3 Å². The largest absolute Gasteiger partial charge is 0.466 e. The average Bonchev–Trinajstić information content (AvgIpc) is 2.42. The van der Waals surface area contributed by atoms with Crippen LogP contribution >= 0.6 is 11.8 Å². The van der Waals surface area contributed by atoms with Crippen molar-refractivity contribution in [3.8, 4) is 0 Å². The summed E-state index contributed by atoms with van der Waals surface area (Å²) >= 11 is 1.51. The fourth-order valence-electron chi connectivity index (χ4n) is 1.60. The van der Waals surface area contributed by atoms with Crippen molar-refractivity contribution in [2.45, 2.75) is 31.6 Å². The molecular weight excluding hydrogens is 274 g/mol. The first-order chi connectivity index (χ1) is 9.61. The summed E-state index contributed by atoms with van der Waals surface area (Å²) in [5.41, 5.74) is 1.19. The van der Waals surface area contributed by atoms with Crippen LogP contribution in [0.1, 0.15) is 25.3 Å². The van der Waals surface area contributed by atoms with Gasteiger partial charge in [-0.25, -0.2) is 0 Å². The maximum Gasteiger partial charge on any atom is 0.305 e. The van der Waals surface area contributed by atoms with Gasteiger partial charge in [0.15, 0.2) is 0 Å². The zero-order valence-electron chi connectivity index (χ0n) is 12.0. The van der Waals surface area contributed by atoms with Gasteiger partial charge < -0.3 is 10.1 Å². The highest BCUT2D eigenvalue weighted by Gasteiger charge is 2.04. The number of thioether (sulfide) groups is 1. The highest BCUT2D eigenvalue weighted by atomic mass is 32.2. The third-order valence-electron chi connectivity index (χ3n) is 2.54. The van der Waals surface area contributed by atoms with Crippen LogP contribution in [0.15, 0.2) is 29.2 Å². The third kappa shape index (κ3) is 7.19. The van der Waals surface area contributed by atoms with Crippen molar-refractivity contribution in [3.63, 3.8) is 0 Å². The molecule has 0 aliphatic carbocycles. The van der Waals surface area contributed by atoms with Crippen molar-refractivity contribution >= 4 is 23.6 Å². The normalized spacial score (nSPS) is 10.1. The van der Waals surface area contributed by atoms with Gasteiger partial charge in [-0.15, -0.1) is 11.8 Å². The van der Waals surface area contributed by atoms with Crippen LogP contribution in [0.5, 0.6) is 0 Å². The van der Waals surface area contributed by atoms with E-state index < -0.39 is 0 Å². The summed E-state index contributed by atoms with van der Waals surface area (Å²) in [6.07, 6.45) is 0.957. The molecule has 0 aromatic heterocycles. The Morgan fingerprint density at radius 2 is 2.15 bits per heavy atom. The predicted octanol–water partition coefficient (Wildman–Crippen LogP) is 2.55. The van der Waals surface area contributed by atoms with Crippen molar-refractivity contribution in [1.82, 2.24) is 5.32 Å². The van der Waals surface area contributed by atoms with Gasteiger partial charge in [-0.05, 0) is 32.4 Å². The lowest BCUT2D eigenvalue weighted by Crippen LogP contribution is -2.26. The fourth-order valence-corrected chi connectivity index (χ4v) is 2.44. The SMILES string of the molecule is CCOC(=O)CCCNC(=O)CSc1cccc(C)c1. The van der Waals surface area contributed by atoms with Gasteiger partial charge in [-0.2, -0.15) is 0 Å². The van der Waals surface area contributed by atoms with Gasteiger partial charge in [0.25, 0.3) is 0 Å². The summed E-state index contributed by atoms with van der Waals surface area (Å²) < 4.78 is 4.81. The van der Waals surface area contributed by atoms with Gasteiger partial charge in [0, 0.05) is 17.9 Å². The molecule has 110 valence electrons. The van der Waals surface area contributed by atoms with Gasteiger partial charge >= 0.3 is 5.97 Å². The van der Waals surface area contributed by atoms with Crippen LogP contribution in [0.2, 0.25) is 0 Å². The maximum absolute atomic E-state index is 11.6. The smallest absolute Gasteiger partial charge is 0.305 e. The summed E-state index contributed by atoms with van der Waals surface area (Å²) in [4.78, 5) is 23.8. The number of aryl methyl sites for hydroxylation is 1. The molecular formula is C15H21NO3S. The number of benzene rings is 1. The van der Waals surface area contributed by atoms with Crippen LogP contribution < -0.4 is 5.32 Å². The topological polar surface area (TPSA) is 55.4 Å². The molecule has 0 heterocycles. The first-order valence-electron chi connectivity index (χ1n) is 6.73. The monoisotopic (exact) mass is 295 g/mol. The second kappa shape index (κ2) is 9.42. The molecule has 0 aliphatic rings. The Morgan fingerprint density at radius 1 is 1.35 bits per heavy atom. The fraction of sp³-hybridized carbons (Fsp3) is 0.467. The zero-order valence-corrected chi connectivity index (χ0v) is 12.8. The summed E-state index contributed by atoms with van der Waals surface area (Å²) in [5, 5.41) is 2.80. The number of hydrogen-bond acceptors (Lipinski definition) is 4. The molecule has 0 saturated heterocycles. The second-order valence-electron chi connectivity index (χ2n) is 4.36. The maximum atomic E-state index is 11.6.